The normalized spacial score (nSPS) is 9.58. The van der Waals surface area contributed by atoms with Gasteiger partial charge in [-0.25, -0.2) is 4.39 Å². The van der Waals surface area contributed by atoms with E-state index in [9.17, 15) is 13.2 Å². The summed E-state index contributed by atoms with van der Waals surface area (Å²) in [5.74, 6) is -1.36. The lowest BCUT2D eigenvalue weighted by Gasteiger charge is -1.96. The van der Waals surface area contributed by atoms with Crippen molar-refractivity contribution >= 4 is 0 Å². The molecular weight excluding hydrogens is 165 g/mol. The zero-order valence-corrected chi connectivity index (χ0v) is 6.23. The third kappa shape index (κ3) is 2.42. The maximum Gasteiger partial charge on any atom is 0.301 e. The van der Waals surface area contributed by atoms with Gasteiger partial charge in [-0.05, 0) is 5.56 Å². The smallest absolute Gasteiger partial charge is 0.206 e. The van der Waals surface area contributed by atoms with E-state index in [1.54, 1.807) is 30.3 Å². The van der Waals surface area contributed by atoms with Crippen molar-refractivity contribution in [2.24, 2.45) is 0 Å². The van der Waals surface area contributed by atoms with E-state index in [1.165, 1.54) is 0 Å². The lowest BCUT2D eigenvalue weighted by Crippen LogP contribution is -1.85. The van der Waals surface area contributed by atoms with Crippen LogP contribution in [0.3, 0.4) is 0 Å². The molecule has 64 valence electrons. The minimum Gasteiger partial charge on any atom is -0.206 e. The molecule has 0 aliphatic carbocycles. The minimum absolute atomic E-state index is 0.330. The van der Waals surface area contributed by atoms with Crippen LogP contribution in [0.1, 0.15) is 5.56 Å². The van der Waals surface area contributed by atoms with Gasteiger partial charge in [0.1, 0.15) is 0 Å². The van der Waals surface area contributed by atoms with Gasteiger partial charge in [0.15, 0.2) is 5.83 Å². The number of allylic oxidation sites excluding steroid dienone is 1. The van der Waals surface area contributed by atoms with Crippen LogP contribution in [-0.4, -0.2) is 0 Å². The quantitative estimate of drug-likeness (QED) is 0.642. The highest BCUT2D eigenvalue weighted by Crippen LogP contribution is 2.14. The highest BCUT2D eigenvalue weighted by molar-refractivity contribution is 5.19. The van der Waals surface area contributed by atoms with Crippen LogP contribution in [0.15, 0.2) is 42.2 Å². The zero-order chi connectivity index (χ0) is 8.97. The topological polar surface area (TPSA) is 0 Å². The van der Waals surface area contributed by atoms with Crippen molar-refractivity contribution in [3.63, 3.8) is 0 Å². The van der Waals surface area contributed by atoms with E-state index >= 15 is 0 Å². The summed E-state index contributed by atoms with van der Waals surface area (Å²) in [7, 11) is 0. The van der Waals surface area contributed by atoms with E-state index in [2.05, 4.69) is 0 Å². The summed E-state index contributed by atoms with van der Waals surface area (Å²) in [5.41, 5.74) is 0.544. The van der Waals surface area contributed by atoms with Gasteiger partial charge in [0, 0.05) is 6.42 Å². The number of benzene rings is 1. The van der Waals surface area contributed by atoms with Gasteiger partial charge in [0.2, 0.25) is 0 Å². The summed E-state index contributed by atoms with van der Waals surface area (Å²) in [4.78, 5) is 0. The van der Waals surface area contributed by atoms with Crippen molar-refractivity contribution in [2.75, 3.05) is 0 Å². The molecule has 0 atom stereocenters. The lowest BCUT2D eigenvalue weighted by atomic mass is 10.1. The van der Waals surface area contributed by atoms with Crippen LogP contribution in [-0.2, 0) is 6.42 Å². The highest BCUT2D eigenvalue weighted by atomic mass is 19.3. The Morgan fingerprint density at radius 3 is 2.08 bits per heavy atom. The van der Waals surface area contributed by atoms with Crippen molar-refractivity contribution < 1.29 is 13.2 Å². The molecule has 3 heteroatoms. The van der Waals surface area contributed by atoms with Gasteiger partial charge in [-0.1, -0.05) is 30.3 Å². The molecule has 0 unspecified atom stereocenters. The second kappa shape index (κ2) is 3.95. The van der Waals surface area contributed by atoms with Gasteiger partial charge in [-0.3, -0.25) is 0 Å². The predicted octanol–water partition coefficient (Wildman–Crippen LogP) is 3.31. The molecule has 1 rings (SSSR count). The molecule has 0 saturated heterocycles. The third-order valence-corrected chi connectivity index (χ3v) is 1.41. The number of halogens is 3. The van der Waals surface area contributed by atoms with Gasteiger partial charge in [-0.2, -0.15) is 8.78 Å². The first-order chi connectivity index (χ1) is 5.70. The molecular formula is C9H7F3. The SMILES string of the molecule is FC(F)=C(F)Cc1ccccc1. The lowest BCUT2D eigenvalue weighted by molar-refractivity contribution is 0.374. The Bertz CT molecular complexity index is 273. The molecule has 0 nitrogen and oxygen atoms in total. The summed E-state index contributed by atoms with van der Waals surface area (Å²) in [6, 6.07) is 8.31. The van der Waals surface area contributed by atoms with Gasteiger partial charge >= 0.3 is 6.08 Å². The average Bonchev–Trinajstić information content (AvgIpc) is 2.06. The minimum atomic E-state index is -2.24. The third-order valence-electron chi connectivity index (χ3n) is 1.41. The van der Waals surface area contributed by atoms with Crippen LogP contribution in [0.4, 0.5) is 13.2 Å². The van der Waals surface area contributed by atoms with Gasteiger partial charge in [0.25, 0.3) is 0 Å². The monoisotopic (exact) mass is 172 g/mol. The number of hydrogen-bond acceptors (Lipinski definition) is 0. The molecule has 12 heavy (non-hydrogen) atoms. The van der Waals surface area contributed by atoms with Crippen molar-refractivity contribution in [1.29, 1.82) is 0 Å². The standard InChI is InChI=1S/C9H7F3/c10-8(9(11)12)6-7-4-2-1-3-5-7/h1-5H,6H2. The Morgan fingerprint density at radius 1 is 1.00 bits per heavy atom. The van der Waals surface area contributed by atoms with Gasteiger partial charge in [-0.15, -0.1) is 0 Å². The predicted molar refractivity (Wildman–Crippen MR) is 40.5 cm³/mol. The summed E-state index contributed by atoms with van der Waals surface area (Å²) >= 11 is 0. The first-order valence-electron chi connectivity index (χ1n) is 3.43. The molecule has 0 aliphatic rings. The second-order valence-corrected chi connectivity index (χ2v) is 2.33. The van der Waals surface area contributed by atoms with Crippen LogP contribution < -0.4 is 0 Å². The van der Waals surface area contributed by atoms with Crippen LogP contribution in [0.5, 0.6) is 0 Å². The van der Waals surface area contributed by atoms with E-state index in [4.69, 9.17) is 0 Å². The van der Waals surface area contributed by atoms with Crippen LogP contribution in [0.2, 0.25) is 0 Å². The molecule has 0 amide bonds. The molecule has 0 radical (unpaired) electrons. The maximum absolute atomic E-state index is 12.3. The fourth-order valence-electron chi connectivity index (χ4n) is 0.842. The molecule has 1 aromatic rings. The van der Waals surface area contributed by atoms with E-state index < -0.39 is 11.9 Å². The molecule has 0 saturated carbocycles. The van der Waals surface area contributed by atoms with Gasteiger partial charge < -0.3 is 0 Å². The highest BCUT2D eigenvalue weighted by Gasteiger charge is 2.04. The van der Waals surface area contributed by atoms with Crippen LogP contribution in [0.25, 0.3) is 0 Å². The molecule has 0 aliphatic heterocycles. The number of hydrogen-bond donors (Lipinski definition) is 0. The fourth-order valence-corrected chi connectivity index (χ4v) is 0.842. The molecule has 0 fully saturated rings. The van der Waals surface area contributed by atoms with E-state index in [1.807, 2.05) is 0 Å². The van der Waals surface area contributed by atoms with Crippen molar-refractivity contribution in [3.8, 4) is 0 Å². The second-order valence-electron chi connectivity index (χ2n) is 2.33. The van der Waals surface area contributed by atoms with Crippen molar-refractivity contribution in [3.05, 3.63) is 47.8 Å². The molecule has 0 spiro atoms. The first kappa shape index (κ1) is 8.84. The van der Waals surface area contributed by atoms with Crippen LogP contribution in [0, 0.1) is 0 Å². The average molecular weight is 172 g/mol. The van der Waals surface area contributed by atoms with Crippen LogP contribution >= 0.6 is 0 Å². The first-order valence-corrected chi connectivity index (χ1v) is 3.43. The Balaban J connectivity index is 2.72. The molecule has 0 aromatic heterocycles. The maximum atomic E-state index is 12.3. The summed E-state index contributed by atoms with van der Waals surface area (Å²) < 4.78 is 35.6. The fraction of sp³-hybridized carbons (Fsp3) is 0.111. The Kier molecular flexibility index (Phi) is 2.91. The van der Waals surface area contributed by atoms with E-state index in [-0.39, 0.29) is 6.42 Å². The Labute approximate surface area is 68.3 Å². The van der Waals surface area contributed by atoms with Crippen molar-refractivity contribution in [2.45, 2.75) is 6.42 Å². The zero-order valence-electron chi connectivity index (χ0n) is 6.23. The molecule has 0 bridgehead atoms. The summed E-state index contributed by atoms with van der Waals surface area (Å²) in [6.45, 7) is 0. The molecule has 0 N–H and O–H groups in total. The molecule has 0 heterocycles. The largest absolute Gasteiger partial charge is 0.301 e. The Hall–Kier alpha value is -1.25. The van der Waals surface area contributed by atoms with E-state index in [0.717, 1.165) is 0 Å². The summed E-state index contributed by atoms with van der Waals surface area (Å²) in [6.07, 6.45) is -2.57. The van der Waals surface area contributed by atoms with Gasteiger partial charge in [0.05, 0.1) is 0 Å². The summed E-state index contributed by atoms with van der Waals surface area (Å²) in [5, 5.41) is 0. The van der Waals surface area contributed by atoms with E-state index in [0.29, 0.717) is 5.56 Å². The van der Waals surface area contributed by atoms with Crippen molar-refractivity contribution in [1.82, 2.24) is 0 Å². The molecule has 1 aromatic carbocycles. The number of rotatable bonds is 2. The Morgan fingerprint density at radius 2 is 1.58 bits per heavy atom.